The summed E-state index contributed by atoms with van der Waals surface area (Å²) in [6.07, 6.45) is 5.86. The van der Waals surface area contributed by atoms with Gasteiger partial charge >= 0.3 is 0 Å². The zero-order valence-electron chi connectivity index (χ0n) is 13.3. The number of carbonyl (C=O) groups is 1. The van der Waals surface area contributed by atoms with Crippen LogP contribution < -0.4 is 4.74 Å². The Bertz CT molecular complexity index is 875. The van der Waals surface area contributed by atoms with Crippen LogP contribution in [0.1, 0.15) is 16.1 Å². The minimum Gasteiger partial charge on any atom is -0.472 e. The van der Waals surface area contributed by atoms with Crippen molar-refractivity contribution in [1.82, 2.24) is 14.5 Å². The van der Waals surface area contributed by atoms with Crippen molar-refractivity contribution in [1.29, 1.82) is 0 Å². The van der Waals surface area contributed by atoms with Crippen molar-refractivity contribution < 1.29 is 18.3 Å². The molecule has 25 heavy (non-hydrogen) atoms. The molecule has 0 saturated carbocycles. The average Bonchev–Trinajstić information content (AvgIpc) is 3.25. The van der Waals surface area contributed by atoms with Crippen LogP contribution in [-0.4, -0.2) is 33.0 Å². The van der Waals surface area contributed by atoms with E-state index in [-0.39, 0.29) is 11.8 Å². The smallest absolute Gasteiger partial charge is 0.257 e. The number of halogens is 1. The third-order valence-electron chi connectivity index (χ3n) is 4.16. The number of fused-ring (bicyclic) bond motifs is 1. The molecule has 0 bridgehead atoms. The van der Waals surface area contributed by atoms with Gasteiger partial charge in [-0.25, -0.2) is 9.37 Å². The van der Waals surface area contributed by atoms with Gasteiger partial charge in [0.25, 0.3) is 11.8 Å². The highest BCUT2D eigenvalue weighted by Crippen LogP contribution is 2.20. The van der Waals surface area contributed by atoms with Crippen LogP contribution in [0.25, 0.3) is 0 Å². The molecule has 0 spiro atoms. The highest BCUT2D eigenvalue weighted by Gasteiger charge is 2.28. The zero-order chi connectivity index (χ0) is 17.2. The maximum absolute atomic E-state index is 13.9. The molecule has 6 nitrogen and oxygen atoms in total. The van der Waals surface area contributed by atoms with E-state index in [1.165, 1.54) is 30.9 Å². The van der Waals surface area contributed by atoms with Crippen LogP contribution in [0.15, 0.2) is 59.7 Å². The van der Waals surface area contributed by atoms with Crippen molar-refractivity contribution >= 4 is 5.91 Å². The molecule has 0 N–H and O–H groups in total. The lowest BCUT2D eigenvalue weighted by atomic mass is 10.2. The van der Waals surface area contributed by atoms with Gasteiger partial charge in [-0.2, -0.15) is 0 Å². The van der Waals surface area contributed by atoms with Crippen LogP contribution in [0.3, 0.4) is 0 Å². The first-order valence-corrected chi connectivity index (χ1v) is 7.93. The Labute approximate surface area is 143 Å². The fraction of sp³-hybridized carbons (Fsp3) is 0.222. The fourth-order valence-electron chi connectivity index (χ4n) is 2.97. The van der Waals surface area contributed by atoms with Crippen LogP contribution in [0, 0.1) is 5.82 Å². The second-order valence-corrected chi connectivity index (χ2v) is 5.88. The quantitative estimate of drug-likeness (QED) is 0.735. The molecule has 1 unspecified atom stereocenters. The summed E-state index contributed by atoms with van der Waals surface area (Å²) in [5.41, 5.74) is 1.47. The lowest BCUT2D eigenvalue weighted by molar-refractivity contribution is 0.0640. The van der Waals surface area contributed by atoms with E-state index in [0.29, 0.717) is 25.2 Å². The first-order valence-electron chi connectivity index (χ1n) is 7.93. The zero-order valence-corrected chi connectivity index (χ0v) is 13.3. The van der Waals surface area contributed by atoms with Gasteiger partial charge in [0.2, 0.25) is 0 Å². The number of amides is 1. The van der Waals surface area contributed by atoms with Crippen molar-refractivity contribution in [2.24, 2.45) is 0 Å². The molecular formula is C18H16FN3O3. The molecule has 4 rings (SSSR count). The minimum atomic E-state index is -0.521. The second-order valence-electron chi connectivity index (χ2n) is 5.88. The van der Waals surface area contributed by atoms with Gasteiger partial charge in [0.05, 0.1) is 31.5 Å². The summed E-state index contributed by atoms with van der Waals surface area (Å²) in [6.45, 7) is 1.27. The standard InChI is InChI=1S/C18H16FN3O3/c19-16-4-1-6-20-17(16)25-15-10-21-7-2-3-14(21)9-22(11-15)18(23)13-5-8-24-12-13/h1-8,12,15H,9-11H2. The first kappa shape index (κ1) is 15.4. The molecule has 1 aliphatic heterocycles. The number of aromatic nitrogens is 2. The van der Waals surface area contributed by atoms with Gasteiger partial charge in [-0.1, -0.05) is 0 Å². The van der Waals surface area contributed by atoms with Crippen LogP contribution in [-0.2, 0) is 13.1 Å². The number of hydrogen-bond donors (Lipinski definition) is 0. The molecule has 1 atom stereocenters. The number of rotatable bonds is 3. The molecule has 128 valence electrons. The summed E-state index contributed by atoms with van der Waals surface area (Å²) in [4.78, 5) is 18.3. The number of pyridine rings is 1. The van der Waals surface area contributed by atoms with Crippen molar-refractivity contribution in [3.05, 3.63) is 72.3 Å². The summed E-state index contributed by atoms with van der Waals surface area (Å²) in [5, 5.41) is 0. The molecule has 1 aliphatic rings. The number of nitrogens with zero attached hydrogens (tertiary/aromatic N) is 3. The van der Waals surface area contributed by atoms with E-state index in [1.54, 1.807) is 11.0 Å². The minimum absolute atomic E-state index is 0.0567. The van der Waals surface area contributed by atoms with E-state index in [1.807, 2.05) is 22.9 Å². The second kappa shape index (κ2) is 6.43. The Hall–Kier alpha value is -3.09. The molecular weight excluding hydrogens is 325 g/mol. The Morgan fingerprint density at radius 1 is 1.28 bits per heavy atom. The topological polar surface area (TPSA) is 60.5 Å². The van der Waals surface area contributed by atoms with E-state index in [4.69, 9.17) is 9.15 Å². The number of ether oxygens (including phenoxy) is 1. The fourth-order valence-corrected chi connectivity index (χ4v) is 2.97. The van der Waals surface area contributed by atoms with Gasteiger partial charge in [-0.3, -0.25) is 4.79 Å². The van der Waals surface area contributed by atoms with Gasteiger partial charge in [0.1, 0.15) is 12.4 Å². The lowest BCUT2D eigenvalue weighted by Crippen LogP contribution is -2.38. The van der Waals surface area contributed by atoms with Crippen molar-refractivity contribution in [2.45, 2.75) is 19.2 Å². The third kappa shape index (κ3) is 3.13. The Balaban J connectivity index is 1.61. The molecule has 1 amide bonds. The predicted octanol–water partition coefficient (Wildman–Crippen LogP) is 2.72. The van der Waals surface area contributed by atoms with Gasteiger partial charge < -0.3 is 18.6 Å². The predicted molar refractivity (Wildman–Crippen MR) is 86.5 cm³/mol. The van der Waals surface area contributed by atoms with Crippen molar-refractivity contribution in [3.63, 3.8) is 0 Å². The molecule has 4 heterocycles. The molecule has 0 radical (unpaired) electrons. The van der Waals surface area contributed by atoms with E-state index in [0.717, 1.165) is 5.69 Å². The largest absolute Gasteiger partial charge is 0.472 e. The van der Waals surface area contributed by atoms with Crippen LogP contribution in [0.5, 0.6) is 5.88 Å². The van der Waals surface area contributed by atoms with Crippen LogP contribution in [0.4, 0.5) is 4.39 Å². The number of furan rings is 1. The summed E-state index contributed by atoms with van der Waals surface area (Å²) in [5.74, 6) is -0.732. The first-order chi connectivity index (χ1) is 12.2. The lowest BCUT2D eigenvalue weighted by Gasteiger charge is -2.24. The van der Waals surface area contributed by atoms with E-state index < -0.39 is 11.9 Å². The molecule has 0 aliphatic carbocycles. The van der Waals surface area contributed by atoms with Gasteiger partial charge in [0.15, 0.2) is 5.82 Å². The van der Waals surface area contributed by atoms with E-state index in [2.05, 4.69) is 4.98 Å². The third-order valence-corrected chi connectivity index (χ3v) is 4.16. The highest BCUT2D eigenvalue weighted by molar-refractivity contribution is 5.93. The Morgan fingerprint density at radius 2 is 2.20 bits per heavy atom. The normalized spacial score (nSPS) is 17.0. The van der Waals surface area contributed by atoms with E-state index >= 15 is 0 Å². The number of carbonyl (C=O) groups excluding carboxylic acids is 1. The molecule has 3 aromatic heterocycles. The summed E-state index contributed by atoms with van der Waals surface area (Å²) >= 11 is 0. The van der Waals surface area contributed by atoms with Gasteiger partial charge in [-0.15, -0.1) is 0 Å². The SMILES string of the molecule is O=C(c1ccoc1)N1Cc2cccn2CC(Oc2ncccc2F)C1. The molecule has 7 heteroatoms. The number of hydrogen-bond acceptors (Lipinski definition) is 4. The van der Waals surface area contributed by atoms with E-state index in [9.17, 15) is 9.18 Å². The average molecular weight is 341 g/mol. The maximum atomic E-state index is 13.9. The monoisotopic (exact) mass is 341 g/mol. The molecule has 0 aromatic carbocycles. The Kier molecular flexibility index (Phi) is 3.97. The highest BCUT2D eigenvalue weighted by atomic mass is 19.1. The molecule has 0 fully saturated rings. The Morgan fingerprint density at radius 3 is 3.00 bits per heavy atom. The van der Waals surface area contributed by atoms with Crippen molar-refractivity contribution in [2.75, 3.05) is 6.54 Å². The summed E-state index contributed by atoms with van der Waals surface area (Å²) < 4.78 is 26.7. The van der Waals surface area contributed by atoms with Gasteiger partial charge in [-0.05, 0) is 30.3 Å². The van der Waals surface area contributed by atoms with Crippen LogP contribution >= 0.6 is 0 Å². The molecule has 0 saturated heterocycles. The van der Waals surface area contributed by atoms with Gasteiger partial charge in [0, 0.05) is 18.1 Å². The summed E-state index contributed by atoms with van der Waals surface area (Å²) in [7, 11) is 0. The molecule has 3 aromatic rings. The van der Waals surface area contributed by atoms with Crippen molar-refractivity contribution in [3.8, 4) is 5.88 Å². The summed E-state index contributed by atoms with van der Waals surface area (Å²) in [6, 6.07) is 8.31. The maximum Gasteiger partial charge on any atom is 0.257 e. The van der Waals surface area contributed by atoms with Crippen LogP contribution in [0.2, 0.25) is 0 Å².